The lowest BCUT2D eigenvalue weighted by atomic mass is 9.98. The molecule has 0 bridgehead atoms. The fraction of sp³-hybridized carbons (Fsp3) is 0.412. The first-order valence-corrected chi connectivity index (χ1v) is 8.87. The van der Waals surface area contributed by atoms with E-state index in [9.17, 15) is 31.1 Å². The Kier molecular flexibility index (Phi) is 5.20. The van der Waals surface area contributed by atoms with E-state index in [0.29, 0.717) is 13.0 Å². The number of rotatable bonds is 3. The van der Waals surface area contributed by atoms with Crippen molar-refractivity contribution < 1.29 is 31.1 Å². The van der Waals surface area contributed by atoms with Crippen molar-refractivity contribution in [2.75, 3.05) is 18.0 Å². The number of anilines is 1. The Morgan fingerprint density at radius 1 is 1.19 bits per heavy atom. The SMILES string of the molecule is O=C(c1cccc(C(F)(F)F)c1)c1cnc(N2CCCC(C(F)(F)F)C2)s1. The van der Waals surface area contributed by atoms with Crippen molar-refractivity contribution >= 4 is 22.3 Å². The number of benzene rings is 1. The average Bonchev–Trinajstić information content (AvgIpc) is 3.10. The van der Waals surface area contributed by atoms with Crippen LogP contribution in [0.4, 0.5) is 31.5 Å². The minimum Gasteiger partial charge on any atom is -0.347 e. The van der Waals surface area contributed by atoms with E-state index in [1.165, 1.54) is 17.2 Å². The van der Waals surface area contributed by atoms with Gasteiger partial charge in [0.1, 0.15) is 0 Å². The van der Waals surface area contributed by atoms with Crippen LogP contribution in [0.1, 0.15) is 33.6 Å². The standard InChI is InChI=1S/C17H14F6N2OS/c18-16(19,20)11-4-1-3-10(7-11)14(26)13-8-24-15(27-13)25-6-2-5-12(9-25)17(21,22)23/h1,3-4,7-8,12H,2,5-6,9H2. The normalized spacial score (nSPS) is 18.6. The number of piperidine rings is 1. The van der Waals surface area contributed by atoms with E-state index >= 15 is 0 Å². The molecule has 1 aromatic heterocycles. The van der Waals surface area contributed by atoms with E-state index in [1.54, 1.807) is 0 Å². The monoisotopic (exact) mass is 408 g/mol. The minimum absolute atomic E-state index is 0.0431. The van der Waals surface area contributed by atoms with Crippen LogP contribution >= 0.6 is 11.3 Å². The van der Waals surface area contributed by atoms with Crippen LogP contribution in [0.2, 0.25) is 0 Å². The summed E-state index contributed by atoms with van der Waals surface area (Å²) >= 11 is 0.885. The number of hydrogen-bond acceptors (Lipinski definition) is 4. The highest BCUT2D eigenvalue weighted by molar-refractivity contribution is 7.17. The minimum atomic E-state index is -4.57. The van der Waals surface area contributed by atoms with Crippen molar-refractivity contribution in [3.8, 4) is 0 Å². The molecule has 3 nitrogen and oxygen atoms in total. The summed E-state index contributed by atoms with van der Waals surface area (Å²) in [5.41, 5.74) is -1.09. The number of ketones is 1. The van der Waals surface area contributed by atoms with Crippen molar-refractivity contribution in [3.63, 3.8) is 0 Å². The van der Waals surface area contributed by atoms with Crippen LogP contribution in [0.25, 0.3) is 0 Å². The Balaban J connectivity index is 1.79. The van der Waals surface area contributed by atoms with Crippen LogP contribution < -0.4 is 4.90 Å². The third-order valence-corrected chi connectivity index (χ3v) is 5.38. The predicted octanol–water partition coefficient (Wildman–Crippen LogP) is 5.17. The summed E-state index contributed by atoms with van der Waals surface area (Å²) in [6.07, 6.45) is -7.29. The van der Waals surface area contributed by atoms with Crippen molar-refractivity contribution in [3.05, 3.63) is 46.5 Å². The summed E-state index contributed by atoms with van der Waals surface area (Å²) in [6, 6.07) is 4.01. The Morgan fingerprint density at radius 3 is 2.59 bits per heavy atom. The fourth-order valence-electron chi connectivity index (χ4n) is 2.91. The lowest BCUT2D eigenvalue weighted by Crippen LogP contribution is -2.41. The molecule has 27 heavy (non-hydrogen) atoms. The number of thiazole rings is 1. The van der Waals surface area contributed by atoms with Gasteiger partial charge in [-0.05, 0) is 25.0 Å². The van der Waals surface area contributed by atoms with Gasteiger partial charge in [0.25, 0.3) is 0 Å². The molecule has 1 aromatic carbocycles. The zero-order chi connectivity index (χ0) is 19.8. The summed E-state index contributed by atoms with van der Waals surface area (Å²) in [7, 11) is 0. The van der Waals surface area contributed by atoms with Gasteiger partial charge in [-0.15, -0.1) is 0 Å². The maximum absolute atomic E-state index is 12.9. The van der Waals surface area contributed by atoms with Crippen LogP contribution in [-0.2, 0) is 6.18 Å². The van der Waals surface area contributed by atoms with Gasteiger partial charge in [-0.25, -0.2) is 4.98 Å². The number of carbonyl (C=O) groups excluding carboxylic acids is 1. The molecule has 3 rings (SSSR count). The molecule has 2 aromatic rings. The molecule has 1 saturated heterocycles. The Bertz CT molecular complexity index is 829. The van der Waals surface area contributed by atoms with Crippen LogP contribution in [0.15, 0.2) is 30.5 Å². The molecule has 10 heteroatoms. The topological polar surface area (TPSA) is 33.2 Å². The van der Waals surface area contributed by atoms with E-state index in [1.807, 2.05) is 0 Å². The highest BCUT2D eigenvalue weighted by Crippen LogP contribution is 2.36. The first-order valence-electron chi connectivity index (χ1n) is 8.05. The molecule has 0 aliphatic carbocycles. The molecule has 1 aliphatic heterocycles. The molecule has 1 atom stereocenters. The van der Waals surface area contributed by atoms with Crippen molar-refractivity contribution in [1.82, 2.24) is 4.98 Å². The van der Waals surface area contributed by atoms with Gasteiger partial charge in [-0.1, -0.05) is 23.5 Å². The highest BCUT2D eigenvalue weighted by atomic mass is 32.1. The van der Waals surface area contributed by atoms with Gasteiger partial charge < -0.3 is 4.90 Å². The maximum Gasteiger partial charge on any atom is 0.416 e. The third-order valence-electron chi connectivity index (χ3n) is 4.32. The molecule has 1 aliphatic rings. The van der Waals surface area contributed by atoms with Gasteiger partial charge in [0.2, 0.25) is 5.78 Å². The zero-order valence-electron chi connectivity index (χ0n) is 13.8. The Labute approximate surface area is 154 Å². The highest BCUT2D eigenvalue weighted by Gasteiger charge is 2.42. The van der Waals surface area contributed by atoms with Gasteiger partial charge >= 0.3 is 12.4 Å². The summed E-state index contributed by atoms with van der Waals surface area (Å²) in [4.78, 5) is 18.0. The van der Waals surface area contributed by atoms with Gasteiger partial charge in [-0.3, -0.25) is 4.79 Å². The summed E-state index contributed by atoms with van der Waals surface area (Å²) in [6.45, 7) is 0.144. The first kappa shape index (κ1) is 19.7. The lowest BCUT2D eigenvalue weighted by Gasteiger charge is -2.33. The molecule has 146 valence electrons. The van der Waals surface area contributed by atoms with Gasteiger partial charge in [-0.2, -0.15) is 26.3 Å². The van der Waals surface area contributed by atoms with E-state index in [0.717, 1.165) is 29.5 Å². The number of aromatic nitrogens is 1. The number of alkyl halides is 6. The molecule has 0 amide bonds. The van der Waals surface area contributed by atoms with Crippen molar-refractivity contribution in [2.45, 2.75) is 25.2 Å². The van der Waals surface area contributed by atoms with Gasteiger partial charge in [0.05, 0.1) is 22.6 Å². The predicted molar refractivity (Wildman–Crippen MR) is 88.0 cm³/mol. The molecule has 0 radical (unpaired) electrons. The zero-order valence-corrected chi connectivity index (χ0v) is 14.6. The van der Waals surface area contributed by atoms with E-state index in [4.69, 9.17) is 0 Å². The number of hydrogen-bond donors (Lipinski definition) is 0. The molecule has 1 fully saturated rings. The molecule has 0 saturated carbocycles. The Hall–Kier alpha value is -2.10. The van der Waals surface area contributed by atoms with Crippen LogP contribution in [0, 0.1) is 5.92 Å². The quantitative estimate of drug-likeness (QED) is 0.519. The molecule has 1 unspecified atom stereocenters. The largest absolute Gasteiger partial charge is 0.416 e. The van der Waals surface area contributed by atoms with Crippen molar-refractivity contribution in [1.29, 1.82) is 0 Å². The fourth-order valence-corrected chi connectivity index (χ4v) is 3.83. The second-order valence-corrected chi connectivity index (χ2v) is 7.25. The summed E-state index contributed by atoms with van der Waals surface area (Å²) in [5.74, 6) is -2.10. The van der Waals surface area contributed by atoms with E-state index in [2.05, 4.69) is 4.98 Å². The van der Waals surface area contributed by atoms with Crippen LogP contribution in [0.5, 0.6) is 0 Å². The van der Waals surface area contributed by atoms with Crippen LogP contribution in [0.3, 0.4) is 0 Å². The average molecular weight is 408 g/mol. The number of nitrogens with zero attached hydrogens (tertiary/aromatic N) is 2. The van der Waals surface area contributed by atoms with Crippen molar-refractivity contribution in [2.24, 2.45) is 5.92 Å². The third kappa shape index (κ3) is 4.42. The second-order valence-electron chi connectivity index (χ2n) is 6.24. The maximum atomic E-state index is 12.9. The molecular weight excluding hydrogens is 394 g/mol. The van der Waals surface area contributed by atoms with Gasteiger partial charge in [0.15, 0.2) is 5.13 Å². The smallest absolute Gasteiger partial charge is 0.347 e. The first-order chi connectivity index (χ1) is 12.6. The molecule has 0 spiro atoms. The van der Waals surface area contributed by atoms with E-state index in [-0.39, 0.29) is 28.5 Å². The summed E-state index contributed by atoms with van der Waals surface area (Å²) < 4.78 is 77.2. The molecule has 0 N–H and O–H groups in total. The molecular formula is C17H14F6N2OS. The second kappa shape index (κ2) is 7.14. The van der Waals surface area contributed by atoms with Crippen LogP contribution in [-0.4, -0.2) is 30.0 Å². The molecule has 2 heterocycles. The lowest BCUT2D eigenvalue weighted by molar-refractivity contribution is -0.176. The van der Waals surface area contributed by atoms with E-state index < -0.39 is 29.6 Å². The summed E-state index contributed by atoms with van der Waals surface area (Å²) in [5, 5.41) is 0.263. The Morgan fingerprint density at radius 2 is 1.93 bits per heavy atom. The number of carbonyl (C=O) groups is 1. The number of halogens is 6. The van der Waals surface area contributed by atoms with Gasteiger partial charge in [0, 0.05) is 18.7 Å².